The number of aliphatic hydroxyl groups excluding tert-OH is 1. The van der Waals surface area contributed by atoms with Crippen LogP contribution in [0, 0.1) is 23.7 Å². The van der Waals surface area contributed by atoms with Gasteiger partial charge in [-0.3, -0.25) is 0 Å². The van der Waals surface area contributed by atoms with E-state index in [-0.39, 0.29) is 25.9 Å². The summed E-state index contributed by atoms with van der Waals surface area (Å²) in [5.41, 5.74) is 2.50. The van der Waals surface area contributed by atoms with Crippen molar-refractivity contribution in [2.75, 3.05) is 26.4 Å². The molecule has 2 aliphatic rings. The normalized spacial score (nSPS) is 22.8. The number of esters is 1. The summed E-state index contributed by atoms with van der Waals surface area (Å²) in [5, 5.41) is 18.7. The summed E-state index contributed by atoms with van der Waals surface area (Å²) >= 11 is 0. The number of ether oxygens (including phenoxy) is 3. The van der Waals surface area contributed by atoms with Crippen LogP contribution in [0.1, 0.15) is 50.7 Å². The number of hydrogen-bond donors (Lipinski definition) is 2. The van der Waals surface area contributed by atoms with E-state index in [2.05, 4.69) is 19.9 Å². The van der Waals surface area contributed by atoms with Gasteiger partial charge in [0.2, 0.25) is 0 Å². The van der Waals surface area contributed by atoms with Gasteiger partial charge in [0.05, 0.1) is 12.7 Å². The van der Waals surface area contributed by atoms with Crippen molar-refractivity contribution in [1.29, 1.82) is 0 Å². The van der Waals surface area contributed by atoms with E-state index in [4.69, 9.17) is 19.3 Å². The monoisotopic (exact) mass is 448 g/mol. The molecule has 0 saturated heterocycles. The number of carbonyl (C=O) groups is 2. The lowest BCUT2D eigenvalue weighted by molar-refractivity contribution is -0.149. The Hall–Kier alpha value is -2.12. The van der Waals surface area contributed by atoms with Gasteiger partial charge in [-0.1, -0.05) is 26.0 Å². The van der Waals surface area contributed by atoms with Crippen molar-refractivity contribution < 1.29 is 34.0 Å². The van der Waals surface area contributed by atoms with Gasteiger partial charge in [0.25, 0.3) is 0 Å². The van der Waals surface area contributed by atoms with Gasteiger partial charge in [-0.05, 0) is 79.4 Å². The first-order chi connectivity index (χ1) is 15.3. The Morgan fingerprint density at radius 1 is 1.12 bits per heavy atom. The molecule has 0 spiro atoms. The highest BCUT2D eigenvalue weighted by molar-refractivity contribution is 5.71. The van der Waals surface area contributed by atoms with Crippen LogP contribution in [0.25, 0.3) is 0 Å². The van der Waals surface area contributed by atoms with Crippen LogP contribution in [-0.2, 0) is 31.9 Å². The smallest absolute Gasteiger partial charge is 0.344 e. The maximum Gasteiger partial charge on any atom is 0.344 e. The third-order valence-electron chi connectivity index (χ3n) is 6.94. The molecule has 0 aliphatic heterocycles. The molecule has 2 aliphatic carbocycles. The summed E-state index contributed by atoms with van der Waals surface area (Å²) in [6.07, 6.45) is 6.19. The zero-order valence-corrected chi connectivity index (χ0v) is 19.1. The lowest BCUT2D eigenvalue weighted by Crippen LogP contribution is -2.27. The van der Waals surface area contributed by atoms with Crippen LogP contribution in [-0.4, -0.2) is 54.7 Å². The molecule has 0 radical (unpaired) electrons. The van der Waals surface area contributed by atoms with E-state index in [1.54, 1.807) is 0 Å². The molecule has 0 aromatic heterocycles. The second kappa shape index (κ2) is 11.7. The second-order valence-corrected chi connectivity index (χ2v) is 9.41. The number of aliphatic hydroxyl groups is 1. The van der Waals surface area contributed by atoms with Crippen LogP contribution in [0.2, 0.25) is 0 Å². The molecule has 1 fully saturated rings. The maximum absolute atomic E-state index is 11.9. The molecule has 0 amide bonds. The minimum absolute atomic E-state index is 0.000973. The number of carboxylic acids is 1. The Balaban J connectivity index is 1.50. The first-order valence-corrected chi connectivity index (χ1v) is 11.7. The molecular weight excluding hydrogens is 412 g/mol. The molecule has 178 valence electrons. The summed E-state index contributed by atoms with van der Waals surface area (Å²) in [5.74, 6) is 1.46. The van der Waals surface area contributed by atoms with Gasteiger partial charge in [0, 0.05) is 0 Å². The number of carboxylic acid groups (broad SMARTS) is 1. The number of fused-ring (bicyclic) bond motifs is 2. The standard InChI is InChI=1S/C25H36O7/c1-16(2)22(26)9-8-17-6-7-19-13-21-18(12-20(17)19)4-3-5-23(21)32-15-25(29)31-11-10-30-14-24(27)28/h3-5,16-17,19-20,22,26H,6-15H2,1-2H3,(H,27,28). The van der Waals surface area contributed by atoms with Crippen molar-refractivity contribution >= 4 is 11.9 Å². The van der Waals surface area contributed by atoms with Crippen molar-refractivity contribution in [3.05, 3.63) is 29.3 Å². The van der Waals surface area contributed by atoms with Crippen LogP contribution in [0.5, 0.6) is 5.75 Å². The molecular formula is C25H36O7. The number of aliphatic carboxylic acids is 1. The Morgan fingerprint density at radius 3 is 2.69 bits per heavy atom. The fourth-order valence-electron chi connectivity index (χ4n) is 5.14. The fraction of sp³-hybridized carbons (Fsp3) is 0.680. The van der Waals surface area contributed by atoms with Gasteiger partial charge in [-0.2, -0.15) is 0 Å². The van der Waals surface area contributed by atoms with Crippen molar-refractivity contribution in [3.8, 4) is 5.75 Å². The lowest BCUT2D eigenvalue weighted by Gasteiger charge is -2.32. The van der Waals surface area contributed by atoms with E-state index in [0.717, 1.165) is 31.4 Å². The van der Waals surface area contributed by atoms with Crippen molar-refractivity contribution in [2.45, 2.75) is 58.5 Å². The quantitative estimate of drug-likeness (QED) is 0.374. The van der Waals surface area contributed by atoms with Gasteiger partial charge in [-0.25, -0.2) is 9.59 Å². The number of carbonyl (C=O) groups excluding carboxylic acids is 1. The molecule has 2 N–H and O–H groups in total. The van der Waals surface area contributed by atoms with Gasteiger partial charge in [0.15, 0.2) is 6.61 Å². The Labute approximate surface area is 190 Å². The Bertz CT molecular complexity index is 776. The Morgan fingerprint density at radius 2 is 1.94 bits per heavy atom. The van der Waals surface area contributed by atoms with E-state index in [0.29, 0.717) is 23.7 Å². The first kappa shape index (κ1) is 24.5. The lowest BCUT2D eigenvalue weighted by atomic mass is 9.73. The molecule has 0 heterocycles. The highest BCUT2D eigenvalue weighted by atomic mass is 16.6. The highest BCUT2D eigenvalue weighted by Crippen LogP contribution is 2.48. The summed E-state index contributed by atoms with van der Waals surface area (Å²) in [7, 11) is 0. The molecule has 1 aromatic rings. The maximum atomic E-state index is 11.9. The average molecular weight is 449 g/mol. The molecule has 3 rings (SSSR count). The fourth-order valence-corrected chi connectivity index (χ4v) is 5.14. The van der Waals surface area contributed by atoms with E-state index >= 15 is 0 Å². The molecule has 32 heavy (non-hydrogen) atoms. The van der Waals surface area contributed by atoms with Gasteiger partial charge in [-0.15, -0.1) is 0 Å². The van der Waals surface area contributed by atoms with Crippen LogP contribution in [0.4, 0.5) is 0 Å². The summed E-state index contributed by atoms with van der Waals surface area (Å²) in [6.45, 7) is 3.59. The molecule has 4 atom stereocenters. The van der Waals surface area contributed by atoms with Gasteiger partial charge in [0.1, 0.15) is 19.0 Å². The third-order valence-corrected chi connectivity index (χ3v) is 6.94. The van der Waals surface area contributed by atoms with Crippen LogP contribution < -0.4 is 4.74 Å². The van der Waals surface area contributed by atoms with Crippen molar-refractivity contribution in [1.82, 2.24) is 0 Å². The molecule has 1 saturated carbocycles. The van der Waals surface area contributed by atoms with Crippen LogP contribution >= 0.6 is 0 Å². The summed E-state index contributed by atoms with van der Waals surface area (Å²) in [6, 6.07) is 6.05. The zero-order chi connectivity index (χ0) is 23.1. The molecule has 7 heteroatoms. The molecule has 0 bridgehead atoms. The second-order valence-electron chi connectivity index (χ2n) is 9.41. The zero-order valence-electron chi connectivity index (χ0n) is 19.1. The van der Waals surface area contributed by atoms with E-state index in [9.17, 15) is 14.7 Å². The largest absolute Gasteiger partial charge is 0.482 e. The predicted molar refractivity (Wildman–Crippen MR) is 119 cm³/mol. The number of benzene rings is 1. The molecule has 4 unspecified atom stereocenters. The predicted octanol–water partition coefficient (Wildman–Crippen LogP) is 3.25. The number of rotatable bonds is 12. The minimum atomic E-state index is -1.06. The first-order valence-electron chi connectivity index (χ1n) is 11.7. The summed E-state index contributed by atoms with van der Waals surface area (Å²) in [4.78, 5) is 22.3. The number of hydrogen-bond acceptors (Lipinski definition) is 6. The van der Waals surface area contributed by atoms with Crippen molar-refractivity contribution in [2.24, 2.45) is 23.7 Å². The van der Waals surface area contributed by atoms with Gasteiger partial charge >= 0.3 is 11.9 Å². The van der Waals surface area contributed by atoms with E-state index in [1.165, 1.54) is 24.0 Å². The minimum Gasteiger partial charge on any atom is -0.482 e. The van der Waals surface area contributed by atoms with Gasteiger partial charge < -0.3 is 24.4 Å². The SMILES string of the molecule is CC(C)C(O)CCC1CCC2Cc3c(cccc3OCC(=O)OCCOCC(=O)O)CC12. The average Bonchev–Trinajstić information content (AvgIpc) is 3.15. The van der Waals surface area contributed by atoms with E-state index < -0.39 is 18.5 Å². The topological polar surface area (TPSA) is 102 Å². The summed E-state index contributed by atoms with van der Waals surface area (Å²) < 4.78 is 15.7. The molecule has 7 nitrogen and oxygen atoms in total. The highest BCUT2D eigenvalue weighted by Gasteiger charge is 2.40. The third kappa shape index (κ3) is 6.69. The van der Waals surface area contributed by atoms with Crippen LogP contribution in [0.15, 0.2) is 18.2 Å². The molecule has 1 aromatic carbocycles. The van der Waals surface area contributed by atoms with E-state index in [1.807, 2.05) is 12.1 Å². The van der Waals surface area contributed by atoms with Crippen molar-refractivity contribution in [3.63, 3.8) is 0 Å². The van der Waals surface area contributed by atoms with Crippen LogP contribution in [0.3, 0.4) is 0 Å². The Kier molecular flexibility index (Phi) is 8.93.